The van der Waals surface area contributed by atoms with Crippen LogP contribution in [0.1, 0.15) is 17.9 Å². The summed E-state index contributed by atoms with van der Waals surface area (Å²) in [6, 6.07) is 7.63. The van der Waals surface area contributed by atoms with E-state index in [1.54, 1.807) is 11.9 Å². The number of nitrogens with zero attached hydrogens (tertiary/aromatic N) is 2. The molecule has 0 saturated carbocycles. The zero-order valence-electron chi connectivity index (χ0n) is 13.5. The van der Waals surface area contributed by atoms with E-state index < -0.39 is 0 Å². The highest BCUT2D eigenvalue weighted by Crippen LogP contribution is 2.34. The highest BCUT2D eigenvalue weighted by Gasteiger charge is 2.33. The lowest BCUT2D eigenvalue weighted by Crippen LogP contribution is -2.43. The third-order valence-corrected chi connectivity index (χ3v) is 4.57. The number of hydrogen-bond donors (Lipinski definition) is 1. The maximum Gasteiger partial charge on any atom is 0.228 e. The van der Waals surface area contributed by atoms with Crippen LogP contribution in [-0.2, 0) is 14.3 Å². The number of morpholine rings is 1. The Hall–Kier alpha value is -1.92. The number of fused-ring (bicyclic) bond motifs is 1. The molecule has 1 saturated heterocycles. The average Bonchev–Trinajstić information content (AvgIpc) is 2.59. The molecule has 0 spiro atoms. The molecule has 0 radical (unpaired) electrons. The SMILES string of the molecule is CN1C(=O)CC(C(=O)NCCN2CCOCC2)c2ccccc21. The van der Waals surface area contributed by atoms with Crippen LogP contribution >= 0.6 is 0 Å². The molecule has 1 fully saturated rings. The van der Waals surface area contributed by atoms with Gasteiger partial charge in [-0.2, -0.15) is 0 Å². The number of rotatable bonds is 4. The Morgan fingerprint density at radius 2 is 2.04 bits per heavy atom. The highest BCUT2D eigenvalue weighted by molar-refractivity contribution is 6.02. The van der Waals surface area contributed by atoms with Crippen molar-refractivity contribution in [2.75, 3.05) is 51.3 Å². The third-order valence-electron chi connectivity index (χ3n) is 4.57. The van der Waals surface area contributed by atoms with Gasteiger partial charge < -0.3 is 15.0 Å². The van der Waals surface area contributed by atoms with Crippen molar-refractivity contribution < 1.29 is 14.3 Å². The monoisotopic (exact) mass is 317 g/mol. The van der Waals surface area contributed by atoms with Gasteiger partial charge in [0.15, 0.2) is 0 Å². The van der Waals surface area contributed by atoms with E-state index in [0.717, 1.165) is 44.1 Å². The van der Waals surface area contributed by atoms with Crippen LogP contribution in [0.3, 0.4) is 0 Å². The minimum absolute atomic E-state index is 0.0166. The minimum atomic E-state index is -0.389. The second kappa shape index (κ2) is 7.10. The van der Waals surface area contributed by atoms with Gasteiger partial charge in [-0.3, -0.25) is 14.5 Å². The van der Waals surface area contributed by atoms with Crippen molar-refractivity contribution in [3.63, 3.8) is 0 Å². The number of amides is 2. The lowest BCUT2D eigenvalue weighted by molar-refractivity contribution is -0.127. The van der Waals surface area contributed by atoms with E-state index in [9.17, 15) is 9.59 Å². The molecule has 124 valence electrons. The van der Waals surface area contributed by atoms with E-state index in [2.05, 4.69) is 10.2 Å². The fourth-order valence-electron chi connectivity index (χ4n) is 3.16. The zero-order chi connectivity index (χ0) is 16.2. The predicted octanol–water partition coefficient (Wildman–Crippen LogP) is 0.585. The van der Waals surface area contributed by atoms with Gasteiger partial charge in [0.25, 0.3) is 0 Å². The largest absolute Gasteiger partial charge is 0.379 e. The van der Waals surface area contributed by atoms with Crippen LogP contribution in [0.4, 0.5) is 5.69 Å². The van der Waals surface area contributed by atoms with Crippen LogP contribution in [-0.4, -0.2) is 63.2 Å². The first-order valence-corrected chi connectivity index (χ1v) is 8.10. The molecule has 1 N–H and O–H groups in total. The molecule has 6 nitrogen and oxygen atoms in total. The minimum Gasteiger partial charge on any atom is -0.379 e. The molecule has 2 amide bonds. The first-order valence-electron chi connectivity index (χ1n) is 8.10. The Balaban J connectivity index is 1.60. The Morgan fingerprint density at radius 1 is 1.30 bits per heavy atom. The fourth-order valence-corrected chi connectivity index (χ4v) is 3.16. The predicted molar refractivity (Wildman–Crippen MR) is 87.5 cm³/mol. The summed E-state index contributed by atoms with van der Waals surface area (Å²) < 4.78 is 5.31. The van der Waals surface area contributed by atoms with Crippen molar-refractivity contribution in [3.8, 4) is 0 Å². The summed E-state index contributed by atoms with van der Waals surface area (Å²) in [5.41, 5.74) is 1.76. The molecule has 1 aromatic carbocycles. The quantitative estimate of drug-likeness (QED) is 0.883. The second-order valence-corrected chi connectivity index (χ2v) is 6.01. The number of benzene rings is 1. The van der Waals surface area contributed by atoms with Crippen LogP contribution < -0.4 is 10.2 Å². The van der Waals surface area contributed by atoms with Gasteiger partial charge in [-0.05, 0) is 11.6 Å². The number of carbonyl (C=O) groups is 2. The van der Waals surface area contributed by atoms with Gasteiger partial charge >= 0.3 is 0 Å². The lowest BCUT2D eigenvalue weighted by Gasteiger charge is -2.31. The topological polar surface area (TPSA) is 61.9 Å². The maximum atomic E-state index is 12.5. The summed E-state index contributed by atoms with van der Waals surface area (Å²) in [7, 11) is 1.76. The molecule has 0 aromatic heterocycles. The summed E-state index contributed by atoms with van der Waals surface area (Å²) in [6.45, 7) is 4.74. The lowest BCUT2D eigenvalue weighted by atomic mass is 9.89. The fraction of sp³-hybridized carbons (Fsp3) is 0.529. The molecule has 1 atom stereocenters. The van der Waals surface area contributed by atoms with Gasteiger partial charge in [0.2, 0.25) is 11.8 Å². The van der Waals surface area contributed by atoms with E-state index >= 15 is 0 Å². The number of nitrogens with one attached hydrogen (secondary N) is 1. The molecule has 23 heavy (non-hydrogen) atoms. The number of anilines is 1. The molecule has 0 bridgehead atoms. The summed E-state index contributed by atoms with van der Waals surface area (Å²) >= 11 is 0. The van der Waals surface area contributed by atoms with Crippen LogP contribution in [0.25, 0.3) is 0 Å². The first kappa shape index (κ1) is 16.0. The smallest absolute Gasteiger partial charge is 0.228 e. The standard InChI is InChI=1S/C17H23N3O3/c1-19-15-5-3-2-4-13(15)14(12-16(19)21)17(22)18-6-7-20-8-10-23-11-9-20/h2-5,14H,6-12H2,1H3,(H,18,22). The second-order valence-electron chi connectivity index (χ2n) is 6.01. The van der Waals surface area contributed by atoms with Gasteiger partial charge in [-0.1, -0.05) is 18.2 Å². The molecular weight excluding hydrogens is 294 g/mol. The normalized spacial score (nSPS) is 21.9. The zero-order valence-corrected chi connectivity index (χ0v) is 13.5. The van der Waals surface area contributed by atoms with Crippen molar-refractivity contribution >= 4 is 17.5 Å². The van der Waals surface area contributed by atoms with Crippen LogP contribution in [0.2, 0.25) is 0 Å². The van der Waals surface area contributed by atoms with Gasteiger partial charge in [-0.25, -0.2) is 0 Å². The van der Waals surface area contributed by atoms with Gasteiger partial charge in [0.1, 0.15) is 0 Å². The Bertz CT molecular complexity index is 584. The maximum absolute atomic E-state index is 12.5. The van der Waals surface area contributed by atoms with E-state index in [1.165, 1.54) is 0 Å². The number of carbonyl (C=O) groups excluding carboxylic acids is 2. The van der Waals surface area contributed by atoms with Crippen molar-refractivity contribution in [1.82, 2.24) is 10.2 Å². The molecule has 0 aliphatic carbocycles. The molecular formula is C17H23N3O3. The van der Waals surface area contributed by atoms with E-state index in [-0.39, 0.29) is 24.2 Å². The van der Waals surface area contributed by atoms with E-state index in [1.807, 2.05) is 24.3 Å². The Morgan fingerprint density at radius 3 is 2.83 bits per heavy atom. The van der Waals surface area contributed by atoms with Gasteiger partial charge in [0, 0.05) is 45.3 Å². The first-order chi connectivity index (χ1) is 11.2. The molecule has 1 aromatic rings. The molecule has 1 unspecified atom stereocenters. The Kier molecular flexibility index (Phi) is 4.93. The molecule has 2 heterocycles. The van der Waals surface area contributed by atoms with Gasteiger partial charge in [0.05, 0.1) is 19.1 Å². The number of para-hydroxylation sites is 1. The van der Waals surface area contributed by atoms with Crippen LogP contribution in [0.15, 0.2) is 24.3 Å². The molecule has 3 rings (SSSR count). The highest BCUT2D eigenvalue weighted by atomic mass is 16.5. The van der Waals surface area contributed by atoms with Crippen molar-refractivity contribution in [2.45, 2.75) is 12.3 Å². The third kappa shape index (κ3) is 3.54. The van der Waals surface area contributed by atoms with E-state index in [0.29, 0.717) is 6.54 Å². The van der Waals surface area contributed by atoms with Crippen LogP contribution in [0.5, 0.6) is 0 Å². The summed E-state index contributed by atoms with van der Waals surface area (Å²) in [6.07, 6.45) is 0.233. The number of hydrogen-bond acceptors (Lipinski definition) is 4. The summed E-state index contributed by atoms with van der Waals surface area (Å²) in [5.74, 6) is -0.469. The van der Waals surface area contributed by atoms with Crippen LogP contribution in [0, 0.1) is 0 Å². The van der Waals surface area contributed by atoms with Crippen molar-refractivity contribution in [2.24, 2.45) is 0 Å². The summed E-state index contributed by atoms with van der Waals surface area (Å²) in [5, 5.41) is 2.98. The Labute approximate surface area is 136 Å². The van der Waals surface area contributed by atoms with Gasteiger partial charge in [-0.15, -0.1) is 0 Å². The summed E-state index contributed by atoms with van der Waals surface area (Å²) in [4.78, 5) is 28.6. The molecule has 6 heteroatoms. The molecule has 2 aliphatic rings. The number of ether oxygens (including phenoxy) is 1. The average molecular weight is 317 g/mol. The van der Waals surface area contributed by atoms with E-state index in [4.69, 9.17) is 4.74 Å². The van der Waals surface area contributed by atoms with Crippen molar-refractivity contribution in [1.29, 1.82) is 0 Å². The molecule has 2 aliphatic heterocycles. The van der Waals surface area contributed by atoms with Crippen molar-refractivity contribution in [3.05, 3.63) is 29.8 Å².